The van der Waals surface area contributed by atoms with Crippen LogP contribution in [-0.4, -0.2) is 11.3 Å². The summed E-state index contributed by atoms with van der Waals surface area (Å²) in [4.78, 5) is 14.6. The molecule has 80 valence electrons. The lowest BCUT2D eigenvalue weighted by atomic mass is 9.99. The molecule has 0 saturated heterocycles. The first kappa shape index (κ1) is 10.8. The van der Waals surface area contributed by atoms with Crippen LogP contribution in [-0.2, 0) is 11.2 Å². The Balaban J connectivity index is 2.56. The van der Waals surface area contributed by atoms with E-state index in [1.54, 1.807) is 18.5 Å². The Morgan fingerprint density at radius 2 is 1.94 bits per heavy atom. The third-order valence-corrected chi connectivity index (χ3v) is 2.75. The Kier molecular flexibility index (Phi) is 3.32. The molecule has 0 aliphatic carbocycles. The first-order valence-corrected chi connectivity index (χ1v) is 5.32. The second-order valence-electron chi connectivity index (χ2n) is 3.37. The maximum atomic E-state index is 10.6. The number of carbonyl (C=O) groups excluding carboxylic acids is 1. The summed E-state index contributed by atoms with van der Waals surface area (Å²) >= 11 is 6.08. The lowest BCUT2D eigenvalue weighted by molar-refractivity contribution is -0.107. The number of carbonyl (C=O) groups is 1. The predicted octanol–water partition coefficient (Wildman–Crippen LogP) is 3.14. The van der Waals surface area contributed by atoms with Crippen LogP contribution in [0.5, 0.6) is 0 Å². The predicted molar refractivity (Wildman–Crippen MR) is 64.5 cm³/mol. The van der Waals surface area contributed by atoms with Crippen molar-refractivity contribution in [2.24, 2.45) is 0 Å². The van der Waals surface area contributed by atoms with Crippen molar-refractivity contribution in [3.8, 4) is 11.1 Å². The number of nitrogens with zero attached hydrogens (tertiary/aromatic N) is 1. The standard InChI is InChI=1S/C13H10ClNO/c14-13-3-1-2-11(12(13)6-9-16)10-4-7-15-8-5-10/h1-5,7-9H,6H2. The van der Waals surface area contributed by atoms with Crippen LogP contribution in [0.2, 0.25) is 5.02 Å². The average Bonchev–Trinajstić information content (AvgIpc) is 2.33. The van der Waals surface area contributed by atoms with Crippen molar-refractivity contribution < 1.29 is 4.79 Å². The number of hydrogen-bond acceptors (Lipinski definition) is 2. The Hall–Kier alpha value is -1.67. The Morgan fingerprint density at radius 3 is 2.62 bits per heavy atom. The molecule has 0 atom stereocenters. The SMILES string of the molecule is O=CCc1c(Cl)cccc1-c1ccncc1. The molecule has 3 heteroatoms. The quantitative estimate of drug-likeness (QED) is 0.760. The Labute approximate surface area is 98.9 Å². The molecular weight excluding hydrogens is 222 g/mol. The van der Waals surface area contributed by atoms with E-state index in [4.69, 9.17) is 11.6 Å². The van der Waals surface area contributed by atoms with E-state index in [0.717, 1.165) is 23.0 Å². The zero-order valence-corrected chi connectivity index (χ0v) is 9.32. The Morgan fingerprint density at radius 1 is 1.19 bits per heavy atom. The number of benzene rings is 1. The molecule has 2 aromatic rings. The molecule has 0 amide bonds. The third-order valence-electron chi connectivity index (χ3n) is 2.40. The number of pyridine rings is 1. The van der Waals surface area contributed by atoms with Crippen LogP contribution >= 0.6 is 11.6 Å². The molecule has 0 aliphatic heterocycles. The fourth-order valence-electron chi connectivity index (χ4n) is 1.65. The van der Waals surface area contributed by atoms with Gasteiger partial charge in [0.25, 0.3) is 0 Å². The molecule has 0 bridgehead atoms. The third kappa shape index (κ3) is 2.12. The van der Waals surface area contributed by atoms with Gasteiger partial charge in [0.15, 0.2) is 0 Å². The molecule has 1 aromatic carbocycles. The first-order chi connectivity index (χ1) is 7.83. The summed E-state index contributed by atoms with van der Waals surface area (Å²) in [6.07, 6.45) is 4.64. The molecule has 0 N–H and O–H groups in total. The lowest BCUT2D eigenvalue weighted by Gasteiger charge is -2.08. The maximum Gasteiger partial charge on any atom is 0.124 e. The minimum absolute atomic E-state index is 0.331. The van der Waals surface area contributed by atoms with Gasteiger partial charge in [-0.15, -0.1) is 0 Å². The molecule has 1 heterocycles. The zero-order valence-electron chi connectivity index (χ0n) is 8.56. The zero-order chi connectivity index (χ0) is 11.4. The molecular formula is C13H10ClNO. The van der Waals surface area contributed by atoms with Crippen molar-refractivity contribution >= 4 is 17.9 Å². The second-order valence-corrected chi connectivity index (χ2v) is 3.78. The molecule has 2 rings (SSSR count). The number of aromatic nitrogens is 1. The summed E-state index contributed by atoms with van der Waals surface area (Å²) in [7, 11) is 0. The van der Waals surface area contributed by atoms with Gasteiger partial charge in [-0.25, -0.2) is 0 Å². The molecule has 0 fully saturated rings. The van der Waals surface area contributed by atoms with Gasteiger partial charge in [0.2, 0.25) is 0 Å². The van der Waals surface area contributed by atoms with E-state index in [1.807, 2.05) is 24.3 Å². The van der Waals surface area contributed by atoms with Gasteiger partial charge in [0, 0.05) is 23.8 Å². The summed E-state index contributed by atoms with van der Waals surface area (Å²) in [5.74, 6) is 0. The number of aldehydes is 1. The van der Waals surface area contributed by atoms with Gasteiger partial charge in [-0.3, -0.25) is 4.98 Å². The summed E-state index contributed by atoms with van der Waals surface area (Å²) in [5, 5.41) is 0.626. The molecule has 0 radical (unpaired) electrons. The van der Waals surface area contributed by atoms with E-state index in [0.29, 0.717) is 11.4 Å². The number of halogens is 1. The van der Waals surface area contributed by atoms with Crippen molar-refractivity contribution in [2.45, 2.75) is 6.42 Å². The summed E-state index contributed by atoms with van der Waals surface area (Å²) in [6.45, 7) is 0. The van der Waals surface area contributed by atoms with Crippen LogP contribution in [0.15, 0.2) is 42.7 Å². The van der Waals surface area contributed by atoms with Gasteiger partial charge < -0.3 is 4.79 Å². The summed E-state index contributed by atoms with van der Waals surface area (Å²) < 4.78 is 0. The van der Waals surface area contributed by atoms with Crippen molar-refractivity contribution in [3.63, 3.8) is 0 Å². The van der Waals surface area contributed by atoms with Crippen LogP contribution in [0.25, 0.3) is 11.1 Å². The van der Waals surface area contributed by atoms with Gasteiger partial charge in [-0.2, -0.15) is 0 Å². The van der Waals surface area contributed by atoms with Gasteiger partial charge in [-0.05, 0) is 34.9 Å². The van der Waals surface area contributed by atoms with Crippen LogP contribution in [0.4, 0.5) is 0 Å². The van der Waals surface area contributed by atoms with Gasteiger partial charge in [0.05, 0.1) is 0 Å². The van der Waals surface area contributed by atoms with Crippen LogP contribution < -0.4 is 0 Å². The number of rotatable bonds is 3. The fourth-order valence-corrected chi connectivity index (χ4v) is 1.90. The molecule has 1 aromatic heterocycles. The highest BCUT2D eigenvalue weighted by atomic mass is 35.5. The van der Waals surface area contributed by atoms with E-state index >= 15 is 0 Å². The minimum atomic E-state index is 0.331. The molecule has 2 nitrogen and oxygen atoms in total. The normalized spacial score (nSPS) is 10.1. The van der Waals surface area contributed by atoms with E-state index in [2.05, 4.69) is 4.98 Å². The maximum absolute atomic E-state index is 10.6. The summed E-state index contributed by atoms with van der Waals surface area (Å²) in [6, 6.07) is 9.44. The van der Waals surface area contributed by atoms with Gasteiger partial charge >= 0.3 is 0 Å². The monoisotopic (exact) mass is 231 g/mol. The molecule has 0 aliphatic rings. The smallest absolute Gasteiger partial charge is 0.124 e. The average molecular weight is 232 g/mol. The highest BCUT2D eigenvalue weighted by Gasteiger charge is 2.07. The van der Waals surface area contributed by atoms with E-state index < -0.39 is 0 Å². The molecule has 0 saturated carbocycles. The van der Waals surface area contributed by atoms with Crippen molar-refractivity contribution in [1.82, 2.24) is 4.98 Å². The lowest BCUT2D eigenvalue weighted by Crippen LogP contribution is -1.92. The molecule has 0 spiro atoms. The highest BCUT2D eigenvalue weighted by Crippen LogP contribution is 2.28. The van der Waals surface area contributed by atoms with Crippen LogP contribution in [0.1, 0.15) is 5.56 Å². The minimum Gasteiger partial charge on any atom is -0.303 e. The summed E-state index contributed by atoms with van der Waals surface area (Å²) in [5.41, 5.74) is 2.88. The fraction of sp³-hybridized carbons (Fsp3) is 0.0769. The van der Waals surface area contributed by atoms with Gasteiger partial charge in [0.1, 0.15) is 6.29 Å². The van der Waals surface area contributed by atoms with E-state index in [-0.39, 0.29) is 0 Å². The van der Waals surface area contributed by atoms with Crippen molar-refractivity contribution in [3.05, 3.63) is 53.3 Å². The topological polar surface area (TPSA) is 30.0 Å². The van der Waals surface area contributed by atoms with Crippen LogP contribution in [0, 0.1) is 0 Å². The number of hydrogen-bond donors (Lipinski definition) is 0. The molecule has 16 heavy (non-hydrogen) atoms. The van der Waals surface area contributed by atoms with Crippen molar-refractivity contribution in [2.75, 3.05) is 0 Å². The largest absolute Gasteiger partial charge is 0.303 e. The highest BCUT2D eigenvalue weighted by molar-refractivity contribution is 6.31. The van der Waals surface area contributed by atoms with Gasteiger partial charge in [-0.1, -0.05) is 23.7 Å². The van der Waals surface area contributed by atoms with Crippen molar-refractivity contribution in [1.29, 1.82) is 0 Å². The second kappa shape index (κ2) is 4.90. The van der Waals surface area contributed by atoms with E-state index in [1.165, 1.54) is 0 Å². The van der Waals surface area contributed by atoms with E-state index in [9.17, 15) is 4.79 Å². The van der Waals surface area contributed by atoms with Crippen LogP contribution in [0.3, 0.4) is 0 Å². The Bertz CT molecular complexity index is 497. The first-order valence-electron chi connectivity index (χ1n) is 4.94. The molecule has 0 unspecified atom stereocenters.